The van der Waals surface area contributed by atoms with Crippen LogP contribution in [0.2, 0.25) is 0 Å². The van der Waals surface area contributed by atoms with E-state index in [2.05, 4.69) is 36.0 Å². The molecule has 0 aromatic heterocycles. The monoisotopic (exact) mass is 196 g/mol. The number of nitrogens with one attached hydrogen (secondary N) is 1. The molecule has 0 unspecified atom stereocenters. The standard InChI is InChI=1S/C9H16N2O.C2H4/c1-9(12-2)4-3-6-11-7-5-10-8-11;1-2/h3-4,10H,1,5-8H2,2H3;1-2H2/b4-3-;. The van der Waals surface area contributed by atoms with Gasteiger partial charge in [0.2, 0.25) is 0 Å². The Hall–Kier alpha value is -1.06. The summed E-state index contributed by atoms with van der Waals surface area (Å²) in [6, 6.07) is 0. The molecule has 1 aliphatic heterocycles. The highest BCUT2D eigenvalue weighted by atomic mass is 16.5. The predicted octanol–water partition coefficient (Wildman–Crippen LogP) is 1.37. The molecule has 0 amide bonds. The number of methoxy groups -OCH3 is 1. The Balaban J connectivity index is 0.000000791. The summed E-state index contributed by atoms with van der Waals surface area (Å²) in [5, 5.41) is 3.26. The van der Waals surface area contributed by atoms with Crippen LogP contribution in [-0.2, 0) is 4.74 Å². The van der Waals surface area contributed by atoms with Gasteiger partial charge in [-0.3, -0.25) is 4.90 Å². The predicted molar refractivity (Wildman–Crippen MR) is 61.0 cm³/mol. The molecule has 1 aliphatic rings. The van der Waals surface area contributed by atoms with Crippen LogP contribution in [0.3, 0.4) is 0 Å². The highest BCUT2D eigenvalue weighted by Gasteiger charge is 2.07. The van der Waals surface area contributed by atoms with Crippen LogP contribution in [0.5, 0.6) is 0 Å². The first kappa shape index (κ1) is 12.9. The van der Waals surface area contributed by atoms with E-state index in [1.165, 1.54) is 0 Å². The molecule has 0 radical (unpaired) electrons. The van der Waals surface area contributed by atoms with Crippen molar-refractivity contribution in [3.05, 3.63) is 37.6 Å². The van der Waals surface area contributed by atoms with Crippen molar-refractivity contribution in [2.45, 2.75) is 0 Å². The molecule has 1 saturated heterocycles. The molecule has 14 heavy (non-hydrogen) atoms. The van der Waals surface area contributed by atoms with E-state index in [0.717, 1.165) is 26.3 Å². The van der Waals surface area contributed by atoms with E-state index in [1.54, 1.807) is 7.11 Å². The highest BCUT2D eigenvalue weighted by Crippen LogP contribution is 1.95. The minimum atomic E-state index is 0.710. The molecule has 3 heteroatoms. The molecule has 1 rings (SSSR count). The van der Waals surface area contributed by atoms with Gasteiger partial charge in [0.1, 0.15) is 5.76 Å². The lowest BCUT2D eigenvalue weighted by Gasteiger charge is -2.09. The third kappa shape index (κ3) is 5.56. The smallest absolute Gasteiger partial charge is 0.111 e. The van der Waals surface area contributed by atoms with Gasteiger partial charge in [0.25, 0.3) is 0 Å². The van der Waals surface area contributed by atoms with E-state index in [0.29, 0.717) is 5.76 Å². The van der Waals surface area contributed by atoms with Crippen molar-refractivity contribution in [2.75, 3.05) is 33.4 Å². The van der Waals surface area contributed by atoms with Gasteiger partial charge in [-0.15, -0.1) is 13.2 Å². The Morgan fingerprint density at radius 1 is 1.57 bits per heavy atom. The summed E-state index contributed by atoms with van der Waals surface area (Å²) in [6.07, 6.45) is 3.97. The Labute approximate surface area is 86.7 Å². The van der Waals surface area contributed by atoms with E-state index in [9.17, 15) is 0 Å². The molecule has 0 saturated carbocycles. The Bertz CT molecular complexity index is 184. The van der Waals surface area contributed by atoms with E-state index in [-0.39, 0.29) is 0 Å². The maximum absolute atomic E-state index is 4.90. The fourth-order valence-corrected chi connectivity index (χ4v) is 1.11. The van der Waals surface area contributed by atoms with Crippen LogP contribution in [-0.4, -0.2) is 38.3 Å². The molecule has 0 bridgehead atoms. The first-order chi connectivity index (χ1) is 6.83. The first-order valence-electron chi connectivity index (χ1n) is 4.65. The van der Waals surface area contributed by atoms with Crippen LogP contribution in [0.25, 0.3) is 0 Å². The van der Waals surface area contributed by atoms with Crippen molar-refractivity contribution in [3.63, 3.8) is 0 Å². The van der Waals surface area contributed by atoms with E-state index < -0.39 is 0 Å². The number of rotatable bonds is 4. The Morgan fingerprint density at radius 2 is 2.29 bits per heavy atom. The van der Waals surface area contributed by atoms with Crippen molar-refractivity contribution >= 4 is 0 Å². The van der Waals surface area contributed by atoms with Gasteiger partial charge >= 0.3 is 0 Å². The number of nitrogens with zero attached hydrogens (tertiary/aromatic N) is 1. The van der Waals surface area contributed by atoms with Crippen molar-refractivity contribution in [1.82, 2.24) is 10.2 Å². The lowest BCUT2D eigenvalue weighted by Crippen LogP contribution is -2.21. The van der Waals surface area contributed by atoms with Gasteiger partial charge in [-0.05, 0) is 6.08 Å². The van der Waals surface area contributed by atoms with Gasteiger partial charge in [0.15, 0.2) is 0 Å². The summed E-state index contributed by atoms with van der Waals surface area (Å²) in [5.74, 6) is 0.710. The van der Waals surface area contributed by atoms with Crippen LogP contribution in [0.1, 0.15) is 0 Å². The molecular formula is C11H20N2O. The molecule has 1 fully saturated rings. The average molecular weight is 196 g/mol. The van der Waals surface area contributed by atoms with Gasteiger partial charge in [-0.25, -0.2) is 0 Å². The summed E-state index contributed by atoms with van der Waals surface area (Å²) >= 11 is 0. The zero-order valence-electron chi connectivity index (χ0n) is 8.96. The topological polar surface area (TPSA) is 24.5 Å². The number of hydrogen-bond acceptors (Lipinski definition) is 3. The van der Waals surface area contributed by atoms with Crippen LogP contribution in [0.4, 0.5) is 0 Å². The largest absolute Gasteiger partial charge is 0.497 e. The molecular weight excluding hydrogens is 176 g/mol. The molecule has 0 atom stereocenters. The fourth-order valence-electron chi connectivity index (χ4n) is 1.11. The van der Waals surface area contributed by atoms with E-state index in [1.807, 2.05) is 6.08 Å². The summed E-state index contributed by atoms with van der Waals surface area (Å²) < 4.78 is 4.90. The van der Waals surface area contributed by atoms with Gasteiger partial charge < -0.3 is 10.1 Å². The van der Waals surface area contributed by atoms with E-state index in [4.69, 9.17) is 4.74 Å². The average Bonchev–Trinajstić information content (AvgIpc) is 2.73. The lowest BCUT2D eigenvalue weighted by molar-refractivity contribution is 0.308. The maximum Gasteiger partial charge on any atom is 0.111 e. The number of ether oxygens (including phenoxy) is 1. The zero-order chi connectivity index (χ0) is 10.8. The Kier molecular flexibility index (Phi) is 7.89. The summed E-state index contributed by atoms with van der Waals surface area (Å²) in [5.41, 5.74) is 0. The summed E-state index contributed by atoms with van der Waals surface area (Å²) in [4.78, 5) is 2.32. The van der Waals surface area contributed by atoms with Gasteiger partial charge in [0, 0.05) is 26.3 Å². The molecule has 0 spiro atoms. The SMILES string of the molecule is C=C.C=C(/C=C\CN1CCNC1)OC. The first-order valence-corrected chi connectivity index (χ1v) is 4.65. The molecule has 0 aliphatic carbocycles. The lowest BCUT2D eigenvalue weighted by atomic mass is 10.4. The van der Waals surface area contributed by atoms with Crippen molar-refractivity contribution in [1.29, 1.82) is 0 Å². The van der Waals surface area contributed by atoms with Crippen molar-refractivity contribution < 1.29 is 4.74 Å². The molecule has 1 heterocycles. The van der Waals surface area contributed by atoms with Crippen LogP contribution >= 0.6 is 0 Å². The summed E-state index contributed by atoms with van der Waals surface area (Å²) in [6.45, 7) is 13.9. The van der Waals surface area contributed by atoms with Crippen molar-refractivity contribution in [2.24, 2.45) is 0 Å². The second-order valence-electron chi connectivity index (χ2n) is 2.81. The fraction of sp³-hybridized carbons (Fsp3) is 0.455. The van der Waals surface area contributed by atoms with Gasteiger partial charge in [-0.2, -0.15) is 0 Å². The third-order valence-corrected chi connectivity index (χ3v) is 1.87. The second kappa shape index (κ2) is 8.53. The maximum atomic E-state index is 4.90. The Morgan fingerprint density at radius 3 is 2.79 bits per heavy atom. The molecule has 1 N–H and O–H groups in total. The van der Waals surface area contributed by atoms with Crippen LogP contribution in [0, 0.1) is 0 Å². The highest BCUT2D eigenvalue weighted by molar-refractivity contribution is 5.07. The molecule has 0 aromatic rings. The van der Waals surface area contributed by atoms with E-state index >= 15 is 0 Å². The number of allylic oxidation sites excluding steroid dienone is 1. The minimum Gasteiger partial charge on any atom is -0.497 e. The van der Waals surface area contributed by atoms with Gasteiger partial charge in [-0.1, -0.05) is 12.7 Å². The number of hydrogen-bond donors (Lipinski definition) is 1. The summed E-state index contributed by atoms with van der Waals surface area (Å²) in [7, 11) is 1.63. The van der Waals surface area contributed by atoms with Crippen LogP contribution in [0.15, 0.2) is 37.6 Å². The normalized spacial score (nSPS) is 16.4. The van der Waals surface area contributed by atoms with Crippen molar-refractivity contribution in [3.8, 4) is 0 Å². The quantitative estimate of drug-likeness (QED) is 0.417. The second-order valence-corrected chi connectivity index (χ2v) is 2.81. The molecule has 3 nitrogen and oxygen atoms in total. The zero-order valence-corrected chi connectivity index (χ0v) is 8.96. The van der Waals surface area contributed by atoms with Crippen LogP contribution < -0.4 is 5.32 Å². The third-order valence-electron chi connectivity index (χ3n) is 1.87. The van der Waals surface area contributed by atoms with Gasteiger partial charge in [0.05, 0.1) is 7.11 Å². The molecule has 80 valence electrons. The minimum absolute atomic E-state index is 0.710. The molecule has 0 aromatic carbocycles.